The molecule has 0 aromatic carbocycles. The van der Waals surface area contributed by atoms with Gasteiger partial charge in [0, 0.05) is 6.21 Å². The highest BCUT2D eigenvalue weighted by Gasteiger charge is 2.20. The molecule has 1 amide bonds. The molecule has 94 valence electrons. The molecular weight excluding hydrogens is 242 g/mol. The number of carbonyl (C=O) groups excluding carboxylic acids is 1. The molecule has 8 heteroatoms. The lowest BCUT2D eigenvalue weighted by Crippen LogP contribution is -2.17. The number of nitro groups is 1. The zero-order chi connectivity index (χ0) is 13.0. The van der Waals surface area contributed by atoms with Crippen LogP contribution in [0.1, 0.15) is 5.76 Å². The van der Waals surface area contributed by atoms with Crippen molar-refractivity contribution in [3.63, 3.8) is 0 Å². The summed E-state index contributed by atoms with van der Waals surface area (Å²) >= 11 is 0. The molecule has 18 heavy (non-hydrogen) atoms. The molecule has 2 heterocycles. The minimum atomic E-state index is -0.619. The van der Waals surface area contributed by atoms with E-state index < -0.39 is 11.0 Å². The molecule has 0 radical (unpaired) electrons. The van der Waals surface area contributed by atoms with E-state index >= 15 is 0 Å². The van der Waals surface area contributed by atoms with E-state index in [1.54, 1.807) is 0 Å². The highest BCUT2D eigenvalue weighted by molar-refractivity contribution is 5.79. The van der Waals surface area contributed by atoms with E-state index in [0.29, 0.717) is 18.9 Å². The molecule has 0 aliphatic carbocycles. The number of amides is 1. The van der Waals surface area contributed by atoms with E-state index in [9.17, 15) is 14.9 Å². The first-order chi connectivity index (χ1) is 8.66. The van der Waals surface area contributed by atoms with Crippen LogP contribution >= 0.6 is 0 Å². The molecule has 1 fully saturated rings. The third-order valence-corrected chi connectivity index (χ3v) is 2.08. The lowest BCUT2D eigenvalue weighted by Gasteiger charge is -2.01. The standard InChI is InChI=1S/C10H9N3O5/c14-10-12(6-7-17-10)11-5-1-2-8-3-4-9(18-8)13(15)16/h1-5H,6-7H2/b2-1+,11-5-. The number of hydrazone groups is 1. The van der Waals surface area contributed by atoms with Crippen LogP contribution in [0.5, 0.6) is 0 Å². The average Bonchev–Trinajstić information content (AvgIpc) is 2.94. The van der Waals surface area contributed by atoms with Crippen molar-refractivity contribution < 1.29 is 18.9 Å². The van der Waals surface area contributed by atoms with Gasteiger partial charge in [0.15, 0.2) is 0 Å². The van der Waals surface area contributed by atoms with Crippen molar-refractivity contribution >= 4 is 24.3 Å². The van der Waals surface area contributed by atoms with Gasteiger partial charge in [-0.1, -0.05) is 0 Å². The maximum absolute atomic E-state index is 11.0. The van der Waals surface area contributed by atoms with E-state index in [0.717, 1.165) is 0 Å². The van der Waals surface area contributed by atoms with Crippen LogP contribution in [0, 0.1) is 10.1 Å². The quantitative estimate of drug-likeness (QED) is 0.460. The number of cyclic esters (lactones) is 1. The first kappa shape index (κ1) is 11.8. The number of carbonyl (C=O) groups is 1. The number of hydrogen-bond acceptors (Lipinski definition) is 6. The molecule has 1 aromatic heterocycles. The van der Waals surface area contributed by atoms with E-state index in [1.807, 2.05) is 0 Å². The maximum Gasteiger partial charge on any atom is 0.433 e. The lowest BCUT2D eigenvalue weighted by atomic mass is 10.4. The Morgan fingerprint density at radius 1 is 1.50 bits per heavy atom. The molecule has 1 saturated heterocycles. The van der Waals surface area contributed by atoms with Crippen molar-refractivity contribution in [3.8, 4) is 0 Å². The Morgan fingerprint density at radius 2 is 2.33 bits per heavy atom. The summed E-state index contributed by atoms with van der Waals surface area (Å²) in [5.41, 5.74) is 0. The predicted octanol–water partition coefficient (Wildman–Crippen LogP) is 1.64. The van der Waals surface area contributed by atoms with Crippen molar-refractivity contribution in [2.75, 3.05) is 13.2 Å². The van der Waals surface area contributed by atoms with Crippen LogP contribution in [-0.4, -0.2) is 35.4 Å². The zero-order valence-corrected chi connectivity index (χ0v) is 9.18. The Labute approximate surface area is 101 Å². The van der Waals surface area contributed by atoms with Gasteiger partial charge < -0.3 is 9.15 Å². The summed E-state index contributed by atoms with van der Waals surface area (Å²) in [4.78, 5) is 20.7. The number of furan rings is 1. The van der Waals surface area contributed by atoms with Crippen LogP contribution in [0.2, 0.25) is 0 Å². The van der Waals surface area contributed by atoms with Gasteiger partial charge in [-0.3, -0.25) is 10.1 Å². The second-order valence-corrected chi connectivity index (χ2v) is 3.29. The second kappa shape index (κ2) is 5.13. The Balaban J connectivity index is 1.92. The van der Waals surface area contributed by atoms with Gasteiger partial charge in [-0.2, -0.15) is 10.1 Å². The van der Waals surface area contributed by atoms with Crippen LogP contribution in [0.4, 0.5) is 10.7 Å². The van der Waals surface area contributed by atoms with Crippen LogP contribution in [0.25, 0.3) is 6.08 Å². The van der Waals surface area contributed by atoms with Crippen molar-refractivity contribution in [1.82, 2.24) is 5.01 Å². The van der Waals surface area contributed by atoms with Gasteiger partial charge >= 0.3 is 12.0 Å². The van der Waals surface area contributed by atoms with Gasteiger partial charge in [0.05, 0.1) is 12.6 Å². The first-order valence-electron chi connectivity index (χ1n) is 5.06. The van der Waals surface area contributed by atoms with Gasteiger partial charge in [-0.15, -0.1) is 0 Å². The summed E-state index contributed by atoms with van der Waals surface area (Å²) in [6.45, 7) is 0.736. The van der Waals surface area contributed by atoms with Crippen LogP contribution < -0.4 is 0 Å². The van der Waals surface area contributed by atoms with Crippen LogP contribution in [0.15, 0.2) is 27.7 Å². The molecule has 1 aliphatic heterocycles. The minimum absolute atomic E-state index is 0.324. The minimum Gasteiger partial charge on any atom is -0.446 e. The number of nitrogens with zero attached hydrogens (tertiary/aromatic N) is 3. The molecule has 2 rings (SSSR count). The highest BCUT2D eigenvalue weighted by atomic mass is 16.6. The maximum atomic E-state index is 11.0. The molecule has 8 nitrogen and oxygen atoms in total. The molecule has 0 N–H and O–H groups in total. The molecule has 1 aromatic rings. The van der Waals surface area contributed by atoms with Crippen molar-refractivity contribution in [1.29, 1.82) is 0 Å². The smallest absolute Gasteiger partial charge is 0.433 e. The molecule has 0 unspecified atom stereocenters. The Kier molecular flexibility index (Phi) is 3.37. The second-order valence-electron chi connectivity index (χ2n) is 3.29. The molecule has 0 spiro atoms. The lowest BCUT2D eigenvalue weighted by molar-refractivity contribution is -0.402. The summed E-state index contributed by atoms with van der Waals surface area (Å²) in [5.74, 6) is 0.00635. The van der Waals surface area contributed by atoms with E-state index in [1.165, 1.54) is 35.5 Å². The van der Waals surface area contributed by atoms with Gasteiger partial charge in [0.25, 0.3) is 0 Å². The number of allylic oxidation sites excluding steroid dienone is 1. The topological polar surface area (TPSA) is 98.2 Å². The molecule has 1 aliphatic rings. The summed E-state index contributed by atoms with van der Waals surface area (Å²) in [6, 6.07) is 2.72. The molecular formula is C10H9N3O5. The van der Waals surface area contributed by atoms with Crippen molar-refractivity contribution in [3.05, 3.63) is 34.1 Å². The van der Waals surface area contributed by atoms with Gasteiger partial charge in [-0.05, 0) is 18.2 Å². The van der Waals surface area contributed by atoms with E-state index in [-0.39, 0.29) is 5.88 Å². The fourth-order valence-corrected chi connectivity index (χ4v) is 1.28. The van der Waals surface area contributed by atoms with Gasteiger partial charge in [-0.25, -0.2) is 4.79 Å². The van der Waals surface area contributed by atoms with Crippen molar-refractivity contribution in [2.45, 2.75) is 0 Å². The fourth-order valence-electron chi connectivity index (χ4n) is 1.28. The third kappa shape index (κ3) is 2.73. The Bertz CT molecular complexity index is 519. The SMILES string of the molecule is O=C1OCCN1/N=C\C=C\c1ccc([N+](=O)[O-])o1. The molecule has 0 saturated carbocycles. The number of ether oxygens (including phenoxy) is 1. The highest BCUT2D eigenvalue weighted by Crippen LogP contribution is 2.16. The Morgan fingerprint density at radius 3 is 2.94 bits per heavy atom. The predicted molar refractivity (Wildman–Crippen MR) is 60.9 cm³/mol. The number of hydrogen-bond donors (Lipinski definition) is 0. The third-order valence-electron chi connectivity index (χ3n) is 2.08. The normalized spacial score (nSPS) is 15.8. The molecule has 0 bridgehead atoms. The number of rotatable bonds is 4. The van der Waals surface area contributed by atoms with E-state index in [4.69, 9.17) is 4.42 Å². The molecule has 0 atom stereocenters. The van der Waals surface area contributed by atoms with Gasteiger partial charge in [0.2, 0.25) is 0 Å². The summed E-state index contributed by atoms with van der Waals surface area (Å²) in [6.07, 6.45) is 3.89. The summed E-state index contributed by atoms with van der Waals surface area (Å²) < 4.78 is 9.55. The van der Waals surface area contributed by atoms with Gasteiger partial charge in [0.1, 0.15) is 17.3 Å². The summed E-state index contributed by atoms with van der Waals surface area (Å²) in [7, 11) is 0. The average molecular weight is 251 g/mol. The van der Waals surface area contributed by atoms with Crippen molar-refractivity contribution in [2.24, 2.45) is 5.10 Å². The first-order valence-corrected chi connectivity index (χ1v) is 5.06. The largest absolute Gasteiger partial charge is 0.446 e. The Hall–Kier alpha value is -2.64. The van der Waals surface area contributed by atoms with E-state index in [2.05, 4.69) is 9.84 Å². The zero-order valence-electron chi connectivity index (χ0n) is 9.18. The van der Waals surface area contributed by atoms with Crippen LogP contribution in [0.3, 0.4) is 0 Å². The van der Waals surface area contributed by atoms with Crippen LogP contribution in [-0.2, 0) is 4.74 Å². The monoisotopic (exact) mass is 251 g/mol. The fraction of sp³-hybridized carbons (Fsp3) is 0.200. The summed E-state index contributed by atoms with van der Waals surface area (Å²) in [5, 5.41) is 15.4.